The molecule has 2 rings (SSSR count). The lowest BCUT2D eigenvalue weighted by Crippen LogP contribution is -2.50. The Morgan fingerprint density at radius 2 is 2.24 bits per heavy atom. The molecule has 0 aromatic carbocycles. The Labute approximate surface area is 126 Å². The van der Waals surface area contributed by atoms with Crippen LogP contribution in [0.4, 0.5) is 5.95 Å². The highest BCUT2D eigenvalue weighted by molar-refractivity contribution is 5.78. The van der Waals surface area contributed by atoms with Gasteiger partial charge in [-0.3, -0.25) is 4.79 Å². The number of hydrogen-bond donors (Lipinski definition) is 2. The van der Waals surface area contributed by atoms with E-state index in [1.807, 2.05) is 19.9 Å². The number of carbonyl (C=O) groups is 1. The summed E-state index contributed by atoms with van der Waals surface area (Å²) < 4.78 is 0. The fourth-order valence-corrected chi connectivity index (χ4v) is 2.53. The first-order valence-electron chi connectivity index (χ1n) is 7.73. The Bertz CT molecular complexity index is 439. The van der Waals surface area contributed by atoms with Crippen LogP contribution in [0.5, 0.6) is 0 Å². The number of piperidine rings is 1. The Morgan fingerprint density at radius 1 is 1.48 bits per heavy atom. The Hall–Kier alpha value is -1.69. The summed E-state index contributed by atoms with van der Waals surface area (Å²) in [5.41, 5.74) is 0. The number of nitrogens with one attached hydrogen (secondary N) is 2. The van der Waals surface area contributed by atoms with Crippen LogP contribution in [0.1, 0.15) is 26.7 Å². The zero-order valence-corrected chi connectivity index (χ0v) is 12.9. The second-order valence-electron chi connectivity index (χ2n) is 5.55. The molecule has 2 atom stereocenters. The third-order valence-electron chi connectivity index (χ3n) is 3.75. The Balaban J connectivity index is 1.85. The van der Waals surface area contributed by atoms with E-state index >= 15 is 0 Å². The molecule has 2 unspecified atom stereocenters. The molecule has 1 saturated heterocycles. The van der Waals surface area contributed by atoms with Crippen molar-refractivity contribution in [1.29, 1.82) is 0 Å². The first-order valence-corrected chi connectivity index (χ1v) is 7.73. The standard InChI is InChI=1S/C15H25N5O/c1-3-16-10-12(2)14(21)19-13-6-4-9-20(11-13)15-17-7-5-8-18-15/h5,7-8,12-13,16H,3-4,6,9-11H2,1-2H3,(H,19,21). The molecule has 6 heteroatoms. The van der Waals surface area contributed by atoms with Gasteiger partial charge in [0.1, 0.15) is 0 Å². The molecule has 0 radical (unpaired) electrons. The predicted molar refractivity (Wildman–Crippen MR) is 83.1 cm³/mol. The molecule has 1 aromatic rings. The van der Waals surface area contributed by atoms with Crippen LogP contribution in [0.25, 0.3) is 0 Å². The third-order valence-corrected chi connectivity index (χ3v) is 3.75. The van der Waals surface area contributed by atoms with E-state index in [9.17, 15) is 4.79 Å². The van der Waals surface area contributed by atoms with Gasteiger partial charge in [-0.2, -0.15) is 0 Å². The van der Waals surface area contributed by atoms with Crippen molar-refractivity contribution in [3.63, 3.8) is 0 Å². The molecule has 1 aliphatic heterocycles. The van der Waals surface area contributed by atoms with Gasteiger partial charge in [0.25, 0.3) is 0 Å². The van der Waals surface area contributed by atoms with Crippen LogP contribution in [0.3, 0.4) is 0 Å². The van der Waals surface area contributed by atoms with Crippen LogP contribution in [0, 0.1) is 5.92 Å². The van der Waals surface area contributed by atoms with Gasteiger partial charge in [-0.1, -0.05) is 13.8 Å². The van der Waals surface area contributed by atoms with Crippen molar-refractivity contribution < 1.29 is 4.79 Å². The SMILES string of the molecule is CCNCC(C)C(=O)NC1CCCN(c2ncccn2)C1. The lowest BCUT2D eigenvalue weighted by Gasteiger charge is -2.33. The molecule has 21 heavy (non-hydrogen) atoms. The molecule has 0 saturated carbocycles. The number of anilines is 1. The number of nitrogens with zero attached hydrogens (tertiary/aromatic N) is 3. The Kier molecular flexibility index (Phi) is 5.92. The topological polar surface area (TPSA) is 70.2 Å². The smallest absolute Gasteiger partial charge is 0.225 e. The molecule has 1 fully saturated rings. The summed E-state index contributed by atoms with van der Waals surface area (Å²) in [4.78, 5) is 22.9. The van der Waals surface area contributed by atoms with Crippen LogP contribution >= 0.6 is 0 Å². The number of carbonyl (C=O) groups excluding carboxylic acids is 1. The lowest BCUT2D eigenvalue weighted by atomic mass is 10.0. The van der Waals surface area contributed by atoms with Crippen LogP contribution in [-0.4, -0.2) is 48.1 Å². The van der Waals surface area contributed by atoms with Crippen LogP contribution in [0.2, 0.25) is 0 Å². The van der Waals surface area contributed by atoms with E-state index in [0.717, 1.165) is 45.0 Å². The van der Waals surface area contributed by atoms with Crippen molar-refractivity contribution in [2.75, 3.05) is 31.1 Å². The van der Waals surface area contributed by atoms with Gasteiger partial charge in [-0.15, -0.1) is 0 Å². The molecule has 0 spiro atoms. The van der Waals surface area contributed by atoms with Gasteiger partial charge >= 0.3 is 0 Å². The summed E-state index contributed by atoms with van der Waals surface area (Å²) in [6.07, 6.45) is 5.57. The molecule has 1 aromatic heterocycles. The normalized spacial score (nSPS) is 20.1. The number of amides is 1. The maximum absolute atomic E-state index is 12.2. The minimum Gasteiger partial charge on any atom is -0.351 e. The zero-order valence-electron chi connectivity index (χ0n) is 12.9. The molecule has 0 aliphatic carbocycles. The van der Waals surface area contributed by atoms with Crippen molar-refractivity contribution in [1.82, 2.24) is 20.6 Å². The quantitative estimate of drug-likeness (QED) is 0.811. The van der Waals surface area contributed by atoms with Crippen molar-refractivity contribution >= 4 is 11.9 Å². The summed E-state index contributed by atoms with van der Waals surface area (Å²) in [6, 6.07) is 1.99. The average molecular weight is 291 g/mol. The van der Waals surface area contributed by atoms with E-state index < -0.39 is 0 Å². The summed E-state index contributed by atoms with van der Waals surface area (Å²) >= 11 is 0. The minimum atomic E-state index is -0.00620. The van der Waals surface area contributed by atoms with Gasteiger partial charge in [0.15, 0.2) is 0 Å². The third kappa shape index (κ3) is 4.67. The first-order chi connectivity index (χ1) is 10.2. The first kappa shape index (κ1) is 15.7. The predicted octanol–water partition coefficient (Wildman–Crippen LogP) is 0.807. The number of aromatic nitrogens is 2. The van der Waals surface area contributed by atoms with Gasteiger partial charge < -0.3 is 15.5 Å². The maximum atomic E-state index is 12.2. The van der Waals surface area contributed by atoms with Crippen LogP contribution in [-0.2, 0) is 4.79 Å². The molecule has 2 heterocycles. The number of hydrogen-bond acceptors (Lipinski definition) is 5. The summed E-state index contributed by atoms with van der Waals surface area (Å²) in [5, 5.41) is 6.36. The molecule has 116 valence electrons. The van der Waals surface area contributed by atoms with E-state index in [2.05, 4.69) is 25.5 Å². The second-order valence-corrected chi connectivity index (χ2v) is 5.55. The molecule has 2 N–H and O–H groups in total. The van der Waals surface area contributed by atoms with Crippen molar-refractivity contribution in [3.05, 3.63) is 18.5 Å². The van der Waals surface area contributed by atoms with Crippen LogP contribution in [0.15, 0.2) is 18.5 Å². The van der Waals surface area contributed by atoms with Crippen molar-refractivity contribution in [2.45, 2.75) is 32.7 Å². The zero-order chi connectivity index (χ0) is 15.1. The van der Waals surface area contributed by atoms with E-state index in [0.29, 0.717) is 0 Å². The van der Waals surface area contributed by atoms with Gasteiger partial charge in [0.2, 0.25) is 11.9 Å². The largest absolute Gasteiger partial charge is 0.351 e. The fourth-order valence-electron chi connectivity index (χ4n) is 2.53. The molecular formula is C15H25N5O. The van der Waals surface area contributed by atoms with E-state index in [-0.39, 0.29) is 17.9 Å². The van der Waals surface area contributed by atoms with E-state index in [4.69, 9.17) is 0 Å². The van der Waals surface area contributed by atoms with Gasteiger partial charge in [-0.25, -0.2) is 9.97 Å². The van der Waals surface area contributed by atoms with Crippen molar-refractivity contribution in [2.24, 2.45) is 5.92 Å². The second kappa shape index (κ2) is 7.93. The van der Waals surface area contributed by atoms with E-state index in [1.54, 1.807) is 12.4 Å². The highest BCUT2D eigenvalue weighted by Gasteiger charge is 2.24. The average Bonchev–Trinajstić information content (AvgIpc) is 2.53. The minimum absolute atomic E-state index is 0.00620. The summed E-state index contributed by atoms with van der Waals surface area (Å²) in [6.45, 7) is 7.34. The summed E-state index contributed by atoms with van der Waals surface area (Å²) in [5.74, 6) is 0.863. The monoisotopic (exact) mass is 291 g/mol. The van der Waals surface area contributed by atoms with Gasteiger partial charge in [-0.05, 0) is 25.5 Å². The fraction of sp³-hybridized carbons (Fsp3) is 0.667. The number of rotatable bonds is 6. The van der Waals surface area contributed by atoms with Gasteiger partial charge in [0, 0.05) is 44.0 Å². The highest BCUT2D eigenvalue weighted by Crippen LogP contribution is 2.15. The van der Waals surface area contributed by atoms with Gasteiger partial charge in [0.05, 0.1) is 0 Å². The van der Waals surface area contributed by atoms with Crippen molar-refractivity contribution in [3.8, 4) is 0 Å². The highest BCUT2D eigenvalue weighted by atomic mass is 16.1. The molecular weight excluding hydrogens is 266 g/mol. The van der Waals surface area contributed by atoms with Crippen LogP contribution < -0.4 is 15.5 Å². The maximum Gasteiger partial charge on any atom is 0.225 e. The Morgan fingerprint density at radius 3 is 2.95 bits per heavy atom. The lowest BCUT2D eigenvalue weighted by molar-refractivity contribution is -0.125. The van der Waals surface area contributed by atoms with E-state index in [1.165, 1.54) is 0 Å². The molecule has 0 bridgehead atoms. The molecule has 1 amide bonds. The molecule has 1 aliphatic rings. The summed E-state index contributed by atoms with van der Waals surface area (Å²) in [7, 11) is 0. The molecule has 6 nitrogen and oxygen atoms in total.